The van der Waals surface area contributed by atoms with Crippen LogP contribution in [-0.4, -0.2) is 12.6 Å². The van der Waals surface area contributed by atoms with Crippen LogP contribution in [0.1, 0.15) is 0 Å². The normalized spacial score (nSPS) is 21.2. The Bertz CT molecular complexity index is 306. The van der Waals surface area contributed by atoms with Crippen molar-refractivity contribution in [2.45, 2.75) is 0 Å². The monoisotopic (exact) mass is 174 g/mol. The molecule has 0 aromatic carbocycles. The summed E-state index contributed by atoms with van der Waals surface area (Å²) >= 11 is 0. The molecule has 1 aliphatic carbocycles. The van der Waals surface area contributed by atoms with Gasteiger partial charge in [-0.1, -0.05) is 30.4 Å². The van der Waals surface area contributed by atoms with Gasteiger partial charge in [-0.05, 0) is 17.7 Å². The van der Waals surface area contributed by atoms with Crippen LogP contribution < -0.4 is 0 Å². The molecular weight excluding hydrogens is 164 g/mol. The van der Waals surface area contributed by atoms with Crippen molar-refractivity contribution in [2.75, 3.05) is 0 Å². The Labute approximate surface area is 76.9 Å². The third-order valence-electron chi connectivity index (χ3n) is 1.76. The standard InChI is InChI=1S/C11H10O2/c12-8-2-6-10-4-1-5-11(10)7-3-9-13/h1-10H/b6-2+,7-3+. The molecule has 0 amide bonds. The van der Waals surface area contributed by atoms with Gasteiger partial charge in [-0.25, -0.2) is 0 Å². The fraction of sp³-hybridized carbons (Fsp3) is 0.0909. The summed E-state index contributed by atoms with van der Waals surface area (Å²) in [6.45, 7) is 0. The lowest BCUT2D eigenvalue weighted by Crippen LogP contribution is -1.90. The minimum atomic E-state index is 0.126. The molecule has 0 spiro atoms. The molecule has 2 nitrogen and oxygen atoms in total. The third-order valence-corrected chi connectivity index (χ3v) is 1.76. The molecule has 0 saturated carbocycles. The molecule has 0 saturated heterocycles. The van der Waals surface area contributed by atoms with Gasteiger partial charge in [-0.3, -0.25) is 9.59 Å². The largest absolute Gasteiger partial charge is 0.299 e. The molecule has 1 rings (SSSR count). The highest BCUT2D eigenvalue weighted by Gasteiger charge is 2.07. The van der Waals surface area contributed by atoms with E-state index in [4.69, 9.17) is 0 Å². The van der Waals surface area contributed by atoms with Gasteiger partial charge in [0.15, 0.2) is 0 Å². The first-order valence-corrected chi connectivity index (χ1v) is 4.00. The van der Waals surface area contributed by atoms with Crippen molar-refractivity contribution in [3.05, 3.63) is 48.1 Å². The Hall–Kier alpha value is -1.70. The molecule has 2 heteroatoms. The predicted octanol–water partition coefficient (Wildman–Crippen LogP) is 1.61. The van der Waals surface area contributed by atoms with E-state index in [0.29, 0.717) is 0 Å². The minimum absolute atomic E-state index is 0.126. The van der Waals surface area contributed by atoms with Gasteiger partial charge in [0.05, 0.1) is 0 Å². The fourth-order valence-corrected chi connectivity index (χ4v) is 1.17. The third kappa shape index (κ3) is 2.67. The van der Waals surface area contributed by atoms with E-state index < -0.39 is 0 Å². The van der Waals surface area contributed by atoms with Crippen molar-refractivity contribution < 1.29 is 9.59 Å². The topological polar surface area (TPSA) is 34.1 Å². The second kappa shape index (κ2) is 5.04. The van der Waals surface area contributed by atoms with Gasteiger partial charge in [0, 0.05) is 5.92 Å². The molecule has 0 aromatic rings. The van der Waals surface area contributed by atoms with Gasteiger partial charge in [0.1, 0.15) is 12.6 Å². The van der Waals surface area contributed by atoms with Crippen LogP contribution in [0.2, 0.25) is 0 Å². The summed E-state index contributed by atoms with van der Waals surface area (Å²) in [4.78, 5) is 20.2. The first-order valence-electron chi connectivity index (χ1n) is 4.00. The van der Waals surface area contributed by atoms with E-state index in [9.17, 15) is 9.59 Å². The Balaban J connectivity index is 2.66. The molecule has 0 radical (unpaired) electrons. The van der Waals surface area contributed by atoms with Crippen LogP contribution in [0.4, 0.5) is 0 Å². The Kier molecular flexibility index (Phi) is 3.64. The molecular formula is C11H10O2. The van der Waals surface area contributed by atoms with Gasteiger partial charge in [0.2, 0.25) is 0 Å². The molecule has 1 aliphatic rings. The molecule has 0 bridgehead atoms. The molecule has 1 unspecified atom stereocenters. The predicted molar refractivity (Wildman–Crippen MR) is 51.1 cm³/mol. The van der Waals surface area contributed by atoms with Gasteiger partial charge >= 0.3 is 0 Å². The van der Waals surface area contributed by atoms with E-state index in [2.05, 4.69) is 0 Å². The maximum Gasteiger partial charge on any atom is 0.142 e. The van der Waals surface area contributed by atoms with Crippen LogP contribution in [0.25, 0.3) is 0 Å². The lowest BCUT2D eigenvalue weighted by atomic mass is 10.0. The average Bonchev–Trinajstić information content (AvgIpc) is 2.59. The number of carbonyl (C=O) groups excluding carboxylic acids is 2. The van der Waals surface area contributed by atoms with Crippen molar-refractivity contribution >= 4 is 12.6 Å². The number of hydrogen-bond acceptors (Lipinski definition) is 2. The summed E-state index contributed by atoms with van der Waals surface area (Å²) in [6, 6.07) is 0. The Morgan fingerprint density at radius 2 is 1.92 bits per heavy atom. The number of hydrogen-bond donors (Lipinski definition) is 0. The smallest absolute Gasteiger partial charge is 0.142 e. The Morgan fingerprint density at radius 1 is 1.15 bits per heavy atom. The maximum atomic E-state index is 10.1. The van der Waals surface area contributed by atoms with Gasteiger partial charge in [0.25, 0.3) is 0 Å². The number of carbonyl (C=O) groups is 2. The molecule has 0 aromatic heterocycles. The van der Waals surface area contributed by atoms with Crippen molar-refractivity contribution in [2.24, 2.45) is 5.92 Å². The van der Waals surface area contributed by atoms with Gasteiger partial charge in [-0.2, -0.15) is 0 Å². The van der Waals surface area contributed by atoms with Crippen LogP contribution in [0.15, 0.2) is 48.1 Å². The maximum absolute atomic E-state index is 10.1. The van der Waals surface area contributed by atoms with Gasteiger partial charge < -0.3 is 0 Å². The van der Waals surface area contributed by atoms with E-state index >= 15 is 0 Å². The van der Waals surface area contributed by atoms with Crippen LogP contribution in [0.3, 0.4) is 0 Å². The fourth-order valence-electron chi connectivity index (χ4n) is 1.17. The SMILES string of the molecule is O=C/C=C/C1=CC=CC1/C=C/C=O. The van der Waals surface area contributed by atoms with Crippen molar-refractivity contribution in [1.29, 1.82) is 0 Å². The van der Waals surface area contributed by atoms with Gasteiger partial charge in [-0.15, -0.1) is 0 Å². The molecule has 13 heavy (non-hydrogen) atoms. The summed E-state index contributed by atoms with van der Waals surface area (Å²) in [5.74, 6) is 0.126. The first kappa shape index (κ1) is 9.39. The van der Waals surface area contributed by atoms with Crippen LogP contribution in [0, 0.1) is 5.92 Å². The number of rotatable bonds is 4. The zero-order chi connectivity index (χ0) is 9.52. The zero-order valence-corrected chi connectivity index (χ0v) is 7.09. The summed E-state index contributed by atoms with van der Waals surface area (Å²) in [5.41, 5.74) is 1.02. The molecule has 66 valence electrons. The molecule has 0 N–H and O–H groups in total. The van der Waals surface area contributed by atoms with E-state index in [0.717, 1.165) is 18.1 Å². The van der Waals surface area contributed by atoms with E-state index in [1.165, 1.54) is 12.2 Å². The van der Waals surface area contributed by atoms with E-state index in [-0.39, 0.29) is 5.92 Å². The van der Waals surface area contributed by atoms with Crippen molar-refractivity contribution in [3.63, 3.8) is 0 Å². The highest BCUT2D eigenvalue weighted by molar-refractivity contribution is 5.67. The Morgan fingerprint density at radius 3 is 2.62 bits per heavy atom. The van der Waals surface area contributed by atoms with Crippen LogP contribution in [0.5, 0.6) is 0 Å². The molecule has 0 heterocycles. The average molecular weight is 174 g/mol. The van der Waals surface area contributed by atoms with E-state index in [1.807, 2.05) is 18.2 Å². The lowest BCUT2D eigenvalue weighted by Gasteiger charge is -2.02. The highest BCUT2D eigenvalue weighted by atomic mass is 16.1. The van der Waals surface area contributed by atoms with Crippen molar-refractivity contribution in [1.82, 2.24) is 0 Å². The van der Waals surface area contributed by atoms with Crippen LogP contribution in [-0.2, 0) is 9.59 Å². The lowest BCUT2D eigenvalue weighted by molar-refractivity contribution is -0.104. The second-order valence-electron chi connectivity index (χ2n) is 2.59. The number of allylic oxidation sites excluding steroid dienone is 8. The minimum Gasteiger partial charge on any atom is -0.299 e. The zero-order valence-electron chi connectivity index (χ0n) is 7.09. The molecule has 1 atom stereocenters. The summed E-state index contributed by atoms with van der Waals surface area (Å²) < 4.78 is 0. The first-order chi connectivity index (χ1) is 6.38. The quantitative estimate of drug-likeness (QED) is 0.479. The highest BCUT2D eigenvalue weighted by Crippen LogP contribution is 2.21. The number of aldehydes is 2. The molecule has 0 fully saturated rings. The van der Waals surface area contributed by atoms with Crippen LogP contribution >= 0.6 is 0 Å². The summed E-state index contributed by atoms with van der Waals surface area (Å²) in [5, 5.41) is 0. The second-order valence-corrected chi connectivity index (χ2v) is 2.59. The summed E-state index contributed by atoms with van der Waals surface area (Å²) in [6.07, 6.45) is 13.7. The van der Waals surface area contributed by atoms with E-state index in [1.54, 1.807) is 12.2 Å². The summed E-state index contributed by atoms with van der Waals surface area (Å²) in [7, 11) is 0. The molecule has 0 aliphatic heterocycles. The van der Waals surface area contributed by atoms with Crippen molar-refractivity contribution in [3.8, 4) is 0 Å².